The smallest absolute Gasteiger partial charge is 0.244 e. The second-order valence-electron chi connectivity index (χ2n) is 4.96. The van der Waals surface area contributed by atoms with Crippen LogP contribution in [0.25, 0.3) is 0 Å². The van der Waals surface area contributed by atoms with E-state index < -0.39 is 0 Å². The molecule has 0 atom stereocenters. The first-order valence-corrected chi connectivity index (χ1v) is 7.27. The van der Waals surface area contributed by atoms with E-state index in [0.717, 1.165) is 16.9 Å². The van der Waals surface area contributed by atoms with Crippen molar-refractivity contribution in [3.05, 3.63) is 65.2 Å². The standard InChI is InChI=1S/C18H20N2O2/c1-3-22-17-10-8-16(9-11-17)13-19-20-18(21)12-15-6-4-14(2)5-7-15/h4-11,13H,3,12H2,1-2H3,(H,20,21)/b19-13+. The molecular weight excluding hydrogens is 276 g/mol. The highest BCUT2D eigenvalue weighted by Gasteiger charge is 2.01. The van der Waals surface area contributed by atoms with Crippen molar-refractivity contribution in [1.29, 1.82) is 0 Å². The summed E-state index contributed by atoms with van der Waals surface area (Å²) in [4.78, 5) is 11.8. The lowest BCUT2D eigenvalue weighted by molar-refractivity contribution is -0.120. The number of hydrogen-bond donors (Lipinski definition) is 1. The number of ether oxygens (including phenoxy) is 1. The number of benzene rings is 2. The van der Waals surface area contributed by atoms with Crippen LogP contribution in [0, 0.1) is 6.92 Å². The van der Waals surface area contributed by atoms with Gasteiger partial charge in [-0.25, -0.2) is 5.43 Å². The number of hydrogen-bond acceptors (Lipinski definition) is 3. The Balaban J connectivity index is 1.83. The first-order chi connectivity index (χ1) is 10.7. The Morgan fingerprint density at radius 1 is 1.14 bits per heavy atom. The Kier molecular flexibility index (Phi) is 5.72. The van der Waals surface area contributed by atoms with E-state index >= 15 is 0 Å². The van der Waals surface area contributed by atoms with Gasteiger partial charge in [0.25, 0.3) is 0 Å². The van der Waals surface area contributed by atoms with Gasteiger partial charge in [-0.05, 0) is 49.2 Å². The van der Waals surface area contributed by atoms with Crippen LogP contribution in [-0.2, 0) is 11.2 Å². The van der Waals surface area contributed by atoms with Crippen LogP contribution in [0.4, 0.5) is 0 Å². The first kappa shape index (κ1) is 15.8. The SMILES string of the molecule is CCOc1ccc(/C=N/NC(=O)Cc2ccc(C)cc2)cc1. The number of hydrazone groups is 1. The van der Waals surface area contributed by atoms with Crippen LogP contribution in [0.1, 0.15) is 23.6 Å². The molecule has 0 saturated heterocycles. The predicted molar refractivity (Wildman–Crippen MR) is 88.2 cm³/mol. The van der Waals surface area contributed by atoms with Crippen LogP contribution >= 0.6 is 0 Å². The molecule has 0 bridgehead atoms. The zero-order valence-corrected chi connectivity index (χ0v) is 12.9. The van der Waals surface area contributed by atoms with Crippen LogP contribution in [0.5, 0.6) is 5.75 Å². The van der Waals surface area contributed by atoms with E-state index in [1.807, 2.05) is 62.4 Å². The van der Waals surface area contributed by atoms with Crippen LogP contribution in [0.3, 0.4) is 0 Å². The molecule has 0 fully saturated rings. The monoisotopic (exact) mass is 296 g/mol. The maximum atomic E-state index is 11.8. The zero-order chi connectivity index (χ0) is 15.8. The van der Waals surface area contributed by atoms with Crippen molar-refractivity contribution in [2.75, 3.05) is 6.61 Å². The van der Waals surface area contributed by atoms with Crippen molar-refractivity contribution < 1.29 is 9.53 Å². The van der Waals surface area contributed by atoms with Crippen molar-refractivity contribution in [1.82, 2.24) is 5.43 Å². The lowest BCUT2D eigenvalue weighted by atomic mass is 10.1. The number of aryl methyl sites for hydroxylation is 1. The highest BCUT2D eigenvalue weighted by Crippen LogP contribution is 2.10. The molecule has 4 nitrogen and oxygen atoms in total. The zero-order valence-electron chi connectivity index (χ0n) is 12.9. The summed E-state index contributed by atoms with van der Waals surface area (Å²) < 4.78 is 5.36. The second-order valence-corrected chi connectivity index (χ2v) is 4.96. The molecule has 1 N–H and O–H groups in total. The quantitative estimate of drug-likeness (QED) is 0.658. The molecule has 0 spiro atoms. The van der Waals surface area contributed by atoms with Crippen LogP contribution in [0.2, 0.25) is 0 Å². The summed E-state index contributed by atoms with van der Waals surface area (Å²) in [5, 5.41) is 3.97. The van der Waals surface area contributed by atoms with E-state index in [1.54, 1.807) is 6.21 Å². The number of rotatable bonds is 6. The Hall–Kier alpha value is -2.62. The van der Waals surface area contributed by atoms with Gasteiger partial charge >= 0.3 is 0 Å². The normalized spacial score (nSPS) is 10.6. The van der Waals surface area contributed by atoms with Gasteiger partial charge in [0.15, 0.2) is 0 Å². The lowest BCUT2D eigenvalue weighted by Gasteiger charge is -2.02. The van der Waals surface area contributed by atoms with Crippen molar-refractivity contribution in [2.45, 2.75) is 20.3 Å². The summed E-state index contributed by atoms with van der Waals surface area (Å²) in [6.45, 7) is 4.60. The highest BCUT2D eigenvalue weighted by molar-refractivity contribution is 5.83. The third-order valence-corrected chi connectivity index (χ3v) is 3.08. The molecule has 0 aliphatic rings. The van der Waals surface area contributed by atoms with Crippen molar-refractivity contribution in [3.63, 3.8) is 0 Å². The van der Waals surface area contributed by atoms with Gasteiger partial charge in [-0.1, -0.05) is 29.8 Å². The van der Waals surface area contributed by atoms with E-state index in [2.05, 4.69) is 10.5 Å². The molecule has 22 heavy (non-hydrogen) atoms. The van der Waals surface area contributed by atoms with Gasteiger partial charge in [-0.3, -0.25) is 4.79 Å². The molecule has 0 saturated carbocycles. The van der Waals surface area contributed by atoms with E-state index in [9.17, 15) is 4.79 Å². The average Bonchev–Trinajstić information content (AvgIpc) is 2.52. The molecule has 114 valence electrons. The predicted octanol–water partition coefficient (Wildman–Crippen LogP) is 3.09. The molecule has 1 amide bonds. The summed E-state index contributed by atoms with van der Waals surface area (Å²) in [7, 11) is 0. The minimum absolute atomic E-state index is 0.133. The Bertz CT molecular complexity index is 631. The molecular formula is C18H20N2O2. The summed E-state index contributed by atoms with van der Waals surface area (Å²) in [5.74, 6) is 0.689. The maximum absolute atomic E-state index is 11.8. The summed E-state index contributed by atoms with van der Waals surface area (Å²) in [6.07, 6.45) is 1.93. The number of carbonyl (C=O) groups is 1. The number of nitrogens with one attached hydrogen (secondary N) is 1. The number of amides is 1. The first-order valence-electron chi connectivity index (χ1n) is 7.27. The topological polar surface area (TPSA) is 50.7 Å². The molecule has 0 aliphatic carbocycles. The van der Waals surface area contributed by atoms with E-state index in [0.29, 0.717) is 13.0 Å². The minimum Gasteiger partial charge on any atom is -0.494 e. The van der Waals surface area contributed by atoms with E-state index in [1.165, 1.54) is 5.56 Å². The fourth-order valence-electron chi connectivity index (χ4n) is 1.93. The van der Waals surface area contributed by atoms with Gasteiger partial charge in [0.05, 0.1) is 19.2 Å². The van der Waals surface area contributed by atoms with Crippen LogP contribution in [-0.4, -0.2) is 18.7 Å². The van der Waals surface area contributed by atoms with E-state index in [-0.39, 0.29) is 5.91 Å². The molecule has 2 rings (SSSR count). The summed E-state index contributed by atoms with van der Waals surface area (Å²) in [6, 6.07) is 15.4. The van der Waals surface area contributed by atoms with E-state index in [4.69, 9.17) is 4.74 Å². The van der Waals surface area contributed by atoms with Crippen molar-refractivity contribution in [3.8, 4) is 5.75 Å². The summed E-state index contributed by atoms with van der Waals surface area (Å²) in [5.41, 5.74) is 5.59. The van der Waals surface area contributed by atoms with Gasteiger partial charge < -0.3 is 4.74 Å². The molecule has 2 aromatic rings. The Morgan fingerprint density at radius 3 is 2.45 bits per heavy atom. The number of carbonyl (C=O) groups excluding carboxylic acids is 1. The van der Waals surface area contributed by atoms with Gasteiger partial charge in [-0.2, -0.15) is 5.10 Å². The average molecular weight is 296 g/mol. The molecule has 0 aliphatic heterocycles. The van der Waals surface area contributed by atoms with Crippen molar-refractivity contribution in [2.24, 2.45) is 5.10 Å². The fraction of sp³-hybridized carbons (Fsp3) is 0.222. The van der Waals surface area contributed by atoms with Gasteiger partial charge in [0.1, 0.15) is 5.75 Å². The second kappa shape index (κ2) is 7.98. The highest BCUT2D eigenvalue weighted by atomic mass is 16.5. The molecule has 0 unspecified atom stereocenters. The third-order valence-electron chi connectivity index (χ3n) is 3.08. The Morgan fingerprint density at radius 2 is 1.82 bits per heavy atom. The fourth-order valence-corrected chi connectivity index (χ4v) is 1.93. The van der Waals surface area contributed by atoms with Crippen molar-refractivity contribution >= 4 is 12.1 Å². The van der Waals surface area contributed by atoms with Gasteiger partial charge in [0, 0.05) is 0 Å². The Labute approximate surface area is 130 Å². The van der Waals surface area contributed by atoms with Crippen LogP contribution < -0.4 is 10.2 Å². The molecule has 4 heteroatoms. The van der Waals surface area contributed by atoms with Gasteiger partial charge in [-0.15, -0.1) is 0 Å². The number of nitrogens with zero attached hydrogens (tertiary/aromatic N) is 1. The molecule has 0 aromatic heterocycles. The minimum atomic E-state index is -0.133. The molecule has 0 heterocycles. The lowest BCUT2D eigenvalue weighted by Crippen LogP contribution is -2.19. The van der Waals surface area contributed by atoms with Crippen LogP contribution in [0.15, 0.2) is 53.6 Å². The molecule has 2 aromatic carbocycles. The van der Waals surface area contributed by atoms with Gasteiger partial charge in [0.2, 0.25) is 5.91 Å². The largest absolute Gasteiger partial charge is 0.494 e. The summed E-state index contributed by atoms with van der Waals surface area (Å²) >= 11 is 0. The molecule has 0 radical (unpaired) electrons. The maximum Gasteiger partial charge on any atom is 0.244 e. The third kappa shape index (κ3) is 5.05.